The molecule has 1 aliphatic rings. The van der Waals surface area contributed by atoms with E-state index in [0.717, 1.165) is 39.5 Å². The van der Waals surface area contributed by atoms with Crippen molar-refractivity contribution in [2.45, 2.75) is 26.8 Å². The number of aromatic nitrogens is 1. The summed E-state index contributed by atoms with van der Waals surface area (Å²) in [6.07, 6.45) is 3.87. The van der Waals surface area contributed by atoms with Gasteiger partial charge in [-0.05, 0) is 56.8 Å². The number of fused-ring (bicyclic) bond motifs is 1. The highest BCUT2D eigenvalue weighted by atomic mass is 32.2. The first-order valence-electron chi connectivity index (χ1n) is 9.98. The number of nitrogens with zero attached hydrogens (tertiary/aromatic N) is 2. The molecule has 0 N–H and O–H groups in total. The van der Waals surface area contributed by atoms with E-state index in [-0.39, 0.29) is 24.3 Å². The molecule has 5 nitrogen and oxygen atoms in total. The standard InChI is InChI=1S/C24H24N2O3S/c1-16(2)26-15-18(20-6-4-5-7-21(20)26)14-22-23(27)25(24(28)30-22)12-13-29-19-10-8-17(3)9-11-19/h4-11,14-16H,12-13H2,1-3H3/b22-14-. The van der Waals surface area contributed by atoms with Crippen LogP contribution in [0.5, 0.6) is 5.75 Å². The molecule has 0 bridgehead atoms. The highest BCUT2D eigenvalue weighted by molar-refractivity contribution is 8.18. The molecule has 0 spiro atoms. The third kappa shape index (κ3) is 4.00. The summed E-state index contributed by atoms with van der Waals surface area (Å²) in [6.45, 7) is 6.75. The summed E-state index contributed by atoms with van der Waals surface area (Å²) < 4.78 is 7.86. The number of rotatable bonds is 6. The van der Waals surface area contributed by atoms with Crippen LogP contribution in [0.25, 0.3) is 17.0 Å². The van der Waals surface area contributed by atoms with Gasteiger partial charge in [-0.15, -0.1) is 0 Å². The molecule has 0 atom stereocenters. The van der Waals surface area contributed by atoms with Crippen LogP contribution in [-0.2, 0) is 4.79 Å². The van der Waals surface area contributed by atoms with E-state index < -0.39 is 0 Å². The molecule has 30 heavy (non-hydrogen) atoms. The lowest BCUT2D eigenvalue weighted by Crippen LogP contribution is -2.32. The van der Waals surface area contributed by atoms with Gasteiger partial charge in [0.25, 0.3) is 11.1 Å². The number of aryl methyl sites for hydroxylation is 1. The number of thioether (sulfide) groups is 1. The predicted octanol–water partition coefficient (Wildman–Crippen LogP) is 5.65. The number of hydrogen-bond donors (Lipinski definition) is 0. The van der Waals surface area contributed by atoms with Crippen LogP contribution < -0.4 is 4.74 Å². The SMILES string of the molecule is Cc1ccc(OCCN2C(=O)S/C(=C\c3cn(C(C)C)c4ccccc34)C2=O)cc1. The second-order valence-corrected chi connectivity index (χ2v) is 8.59. The second-order valence-electron chi connectivity index (χ2n) is 7.60. The molecular weight excluding hydrogens is 396 g/mol. The summed E-state index contributed by atoms with van der Waals surface area (Å²) in [4.78, 5) is 27.0. The maximum atomic E-state index is 12.8. The van der Waals surface area contributed by atoms with Gasteiger partial charge in [0.15, 0.2) is 0 Å². The molecule has 0 aliphatic carbocycles. The van der Waals surface area contributed by atoms with Crippen molar-refractivity contribution in [3.05, 3.63) is 70.8 Å². The quantitative estimate of drug-likeness (QED) is 0.484. The second kappa shape index (κ2) is 8.40. The molecule has 2 heterocycles. The van der Waals surface area contributed by atoms with Crippen molar-refractivity contribution in [3.63, 3.8) is 0 Å². The summed E-state index contributed by atoms with van der Waals surface area (Å²) in [7, 11) is 0. The van der Waals surface area contributed by atoms with Gasteiger partial charge in [0.05, 0.1) is 11.4 Å². The topological polar surface area (TPSA) is 51.5 Å². The Morgan fingerprint density at radius 3 is 2.53 bits per heavy atom. The molecule has 1 fully saturated rings. The van der Waals surface area contributed by atoms with Crippen molar-refractivity contribution >= 4 is 39.9 Å². The molecule has 6 heteroatoms. The minimum atomic E-state index is -0.265. The van der Waals surface area contributed by atoms with Crippen molar-refractivity contribution in [2.75, 3.05) is 13.2 Å². The highest BCUT2D eigenvalue weighted by Crippen LogP contribution is 2.34. The Morgan fingerprint density at radius 1 is 1.07 bits per heavy atom. The maximum absolute atomic E-state index is 12.8. The first-order chi connectivity index (χ1) is 14.4. The molecule has 2 aromatic carbocycles. The lowest BCUT2D eigenvalue weighted by atomic mass is 10.1. The van der Waals surface area contributed by atoms with E-state index in [1.807, 2.05) is 61.7 Å². The Bertz CT molecular complexity index is 1130. The Hall–Kier alpha value is -2.99. The Morgan fingerprint density at radius 2 is 1.80 bits per heavy atom. The fraction of sp³-hybridized carbons (Fsp3) is 0.250. The summed E-state index contributed by atoms with van der Waals surface area (Å²) in [5.41, 5.74) is 3.21. The van der Waals surface area contributed by atoms with Crippen LogP contribution >= 0.6 is 11.8 Å². The molecule has 154 valence electrons. The van der Waals surface area contributed by atoms with Crippen molar-refractivity contribution in [2.24, 2.45) is 0 Å². The normalized spacial score (nSPS) is 15.7. The zero-order valence-corrected chi connectivity index (χ0v) is 18.1. The Kier molecular flexibility index (Phi) is 5.68. The third-order valence-corrected chi connectivity index (χ3v) is 6.00. The van der Waals surface area contributed by atoms with Crippen LogP contribution in [0.1, 0.15) is 31.0 Å². The average Bonchev–Trinajstić information content (AvgIpc) is 3.22. The highest BCUT2D eigenvalue weighted by Gasteiger charge is 2.35. The fourth-order valence-corrected chi connectivity index (χ4v) is 4.35. The van der Waals surface area contributed by atoms with Crippen LogP contribution in [0.4, 0.5) is 4.79 Å². The Balaban J connectivity index is 1.50. The van der Waals surface area contributed by atoms with E-state index in [4.69, 9.17) is 4.74 Å². The minimum absolute atomic E-state index is 0.226. The van der Waals surface area contributed by atoms with Crippen molar-refractivity contribution in [1.29, 1.82) is 0 Å². The lowest BCUT2D eigenvalue weighted by Gasteiger charge is -2.13. The number of imide groups is 1. The summed E-state index contributed by atoms with van der Waals surface area (Å²) in [6, 6.07) is 16.1. The number of carbonyl (C=O) groups excluding carboxylic acids is 2. The minimum Gasteiger partial charge on any atom is -0.492 e. The zero-order chi connectivity index (χ0) is 21.3. The number of benzene rings is 2. The molecule has 4 rings (SSSR count). The van der Waals surface area contributed by atoms with Gasteiger partial charge in [-0.2, -0.15) is 0 Å². The van der Waals surface area contributed by atoms with Gasteiger partial charge in [0, 0.05) is 28.7 Å². The van der Waals surface area contributed by atoms with Gasteiger partial charge in [-0.1, -0.05) is 35.9 Å². The molecular formula is C24H24N2O3S. The third-order valence-electron chi connectivity index (χ3n) is 5.09. The largest absolute Gasteiger partial charge is 0.492 e. The smallest absolute Gasteiger partial charge is 0.293 e. The van der Waals surface area contributed by atoms with Crippen molar-refractivity contribution in [3.8, 4) is 5.75 Å². The molecule has 3 aromatic rings. The molecule has 1 saturated heterocycles. The van der Waals surface area contributed by atoms with Gasteiger partial charge in [0.2, 0.25) is 0 Å². The fourth-order valence-electron chi connectivity index (χ4n) is 3.50. The lowest BCUT2D eigenvalue weighted by molar-refractivity contribution is -0.123. The van der Waals surface area contributed by atoms with E-state index in [1.54, 1.807) is 0 Å². The van der Waals surface area contributed by atoms with E-state index in [9.17, 15) is 9.59 Å². The van der Waals surface area contributed by atoms with Crippen molar-refractivity contribution in [1.82, 2.24) is 9.47 Å². The number of amides is 2. The van der Waals surface area contributed by atoms with Gasteiger partial charge < -0.3 is 9.30 Å². The van der Waals surface area contributed by atoms with Crippen molar-refractivity contribution < 1.29 is 14.3 Å². The van der Waals surface area contributed by atoms with E-state index in [0.29, 0.717) is 10.9 Å². The summed E-state index contributed by atoms with van der Waals surface area (Å²) in [5, 5.41) is 0.812. The van der Waals surface area contributed by atoms with E-state index in [2.05, 4.69) is 24.5 Å². The van der Waals surface area contributed by atoms with Crippen LogP contribution in [0, 0.1) is 6.92 Å². The molecule has 2 amide bonds. The van der Waals surface area contributed by atoms with E-state index in [1.165, 1.54) is 4.90 Å². The number of para-hydroxylation sites is 1. The molecule has 0 unspecified atom stereocenters. The van der Waals surface area contributed by atoms with Crippen LogP contribution in [0.3, 0.4) is 0 Å². The molecule has 0 radical (unpaired) electrons. The van der Waals surface area contributed by atoms with Gasteiger partial charge in [0.1, 0.15) is 12.4 Å². The van der Waals surface area contributed by atoms with Gasteiger partial charge >= 0.3 is 0 Å². The summed E-state index contributed by atoms with van der Waals surface area (Å²) >= 11 is 0.985. The van der Waals surface area contributed by atoms with Gasteiger partial charge in [-0.25, -0.2) is 0 Å². The maximum Gasteiger partial charge on any atom is 0.293 e. The summed E-state index contributed by atoms with van der Waals surface area (Å²) in [5.74, 6) is 0.462. The van der Waals surface area contributed by atoms with Crippen LogP contribution in [0.15, 0.2) is 59.6 Å². The number of hydrogen-bond acceptors (Lipinski definition) is 4. The number of carbonyl (C=O) groups is 2. The van der Waals surface area contributed by atoms with Crippen LogP contribution in [0.2, 0.25) is 0 Å². The van der Waals surface area contributed by atoms with Gasteiger partial charge in [-0.3, -0.25) is 14.5 Å². The first kappa shape index (κ1) is 20.3. The predicted molar refractivity (Wildman–Crippen MR) is 122 cm³/mol. The monoisotopic (exact) mass is 420 g/mol. The van der Waals surface area contributed by atoms with Crippen LogP contribution in [-0.4, -0.2) is 33.8 Å². The Labute approximate surface area is 180 Å². The molecule has 1 aliphatic heterocycles. The number of ether oxygens (including phenoxy) is 1. The average molecular weight is 421 g/mol. The molecule has 1 aromatic heterocycles. The zero-order valence-electron chi connectivity index (χ0n) is 17.3. The first-order valence-corrected chi connectivity index (χ1v) is 10.8. The van der Waals surface area contributed by atoms with E-state index >= 15 is 0 Å². The molecule has 0 saturated carbocycles.